The van der Waals surface area contributed by atoms with Crippen molar-refractivity contribution < 1.29 is 41.3 Å². The molecule has 7 nitrogen and oxygen atoms in total. The van der Waals surface area contributed by atoms with Crippen molar-refractivity contribution >= 4 is 17.7 Å². The van der Waals surface area contributed by atoms with Crippen LogP contribution in [0.1, 0.15) is 51.4 Å². The maximum atomic E-state index is 14.1. The van der Waals surface area contributed by atoms with Crippen LogP contribution >= 0.6 is 11.8 Å². The van der Waals surface area contributed by atoms with Crippen molar-refractivity contribution in [3.8, 4) is 11.1 Å². The Morgan fingerprint density at radius 2 is 1.55 bits per heavy atom. The van der Waals surface area contributed by atoms with E-state index in [-0.39, 0.29) is 25.4 Å². The molecule has 0 spiro atoms. The summed E-state index contributed by atoms with van der Waals surface area (Å²) in [6.07, 6.45) is 3.03. The van der Waals surface area contributed by atoms with Gasteiger partial charge in [-0.15, -0.1) is 0 Å². The number of nitrogens with one attached hydrogen (secondary N) is 1. The maximum absolute atomic E-state index is 14.1. The van der Waals surface area contributed by atoms with Crippen molar-refractivity contribution in [3.05, 3.63) is 142 Å². The van der Waals surface area contributed by atoms with Gasteiger partial charge in [0.2, 0.25) is 5.82 Å². The second kappa shape index (κ2) is 14.9. The Balaban J connectivity index is 1.20. The molecule has 0 radical (unpaired) electrons. The highest BCUT2D eigenvalue weighted by Crippen LogP contribution is 2.40. The number of ether oxygens (including phenoxy) is 2. The summed E-state index contributed by atoms with van der Waals surface area (Å²) in [4.78, 5) is 16.9. The summed E-state index contributed by atoms with van der Waals surface area (Å²) < 4.78 is 83.9. The van der Waals surface area contributed by atoms with Gasteiger partial charge in [0, 0.05) is 43.7 Å². The fourth-order valence-electron chi connectivity index (χ4n) is 5.48. The molecule has 13 heteroatoms. The number of carbonyl (C=O) groups is 1. The van der Waals surface area contributed by atoms with E-state index < -0.39 is 46.8 Å². The van der Waals surface area contributed by atoms with Gasteiger partial charge in [-0.2, -0.15) is 0 Å². The normalized spacial score (nSPS) is 17.7. The van der Waals surface area contributed by atoms with Crippen LogP contribution in [0.25, 0.3) is 11.1 Å². The zero-order valence-electron chi connectivity index (χ0n) is 26.0. The van der Waals surface area contributed by atoms with E-state index in [0.717, 1.165) is 33.0 Å². The molecule has 1 aliphatic rings. The first-order chi connectivity index (χ1) is 23.6. The number of nitrogens with zero attached hydrogens (tertiary/aromatic N) is 2. The SMILES string of the molecule is Cn1ccnc1SCC1CC(c2ccc(CO)cc2)OC(c2cccc(-c3cccc(CNC(=O)c4c(F)c(F)c(F)c(F)c4F)c3)c2)O1. The highest BCUT2D eigenvalue weighted by molar-refractivity contribution is 7.99. The Morgan fingerprint density at radius 3 is 2.22 bits per heavy atom. The quantitative estimate of drug-likeness (QED) is 0.0680. The minimum absolute atomic E-state index is 0.0633. The maximum Gasteiger partial charge on any atom is 0.257 e. The fraction of sp³-hybridized carbons (Fsp3) is 0.222. The number of hydrogen-bond acceptors (Lipinski definition) is 6. The number of imidazole rings is 1. The number of hydrogen-bond donors (Lipinski definition) is 2. The van der Waals surface area contributed by atoms with E-state index >= 15 is 0 Å². The Bertz CT molecular complexity index is 1940. The minimum atomic E-state index is -2.34. The molecular weight excluding hydrogens is 665 g/mol. The van der Waals surface area contributed by atoms with Crippen LogP contribution in [0, 0.1) is 29.1 Å². The van der Waals surface area contributed by atoms with Gasteiger partial charge in [-0.1, -0.05) is 72.4 Å². The zero-order chi connectivity index (χ0) is 34.7. The summed E-state index contributed by atoms with van der Waals surface area (Å²) in [7, 11) is 1.93. The van der Waals surface area contributed by atoms with E-state index in [1.54, 1.807) is 36.2 Å². The second-order valence-corrected chi connectivity index (χ2v) is 12.4. The number of rotatable bonds is 10. The van der Waals surface area contributed by atoms with Gasteiger partial charge in [0.15, 0.2) is 34.7 Å². The predicted octanol–water partition coefficient (Wildman–Crippen LogP) is 7.54. The molecule has 6 rings (SSSR count). The molecule has 0 bridgehead atoms. The number of benzene rings is 4. The first-order valence-corrected chi connectivity index (χ1v) is 16.2. The van der Waals surface area contributed by atoms with Gasteiger partial charge in [0.1, 0.15) is 5.56 Å². The van der Waals surface area contributed by atoms with Crippen molar-refractivity contribution in [2.75, 3.05) is 5.75 Å². The fourth-order valence-corrected chi connectivity index (χ4v) is 6.43. The predicted molar refractivity (Wildman–Crippen MR) is 172 cm³/mol. The van der Waals surface area contributed by atoms with Gasteiger partial charge in [0.25, 0.3) is 5.91 Å². The van der Waals surface area contributed by atoms with Gasteiger partial charge < -0.3 is 24.5 Å². The third-order valence-corrected chi connectivity index (χ3v) is 9.29. The first-order valence-electron chi connectivity index (χ1n) is 15.2. The number of aromatic nitrogens is 2. The van der Waals surface area contributed by atoms with E-state index in [1.165, 1.54) is 0 Å². The van der Waals surface area contributed by atoms with Crippen LogP contribution in [0.2, 0.25) is 0 Å². The van der Waals surface area contributed by atoms with Crippen LogP contribution < -0.4 is 5.32 Å². The number of carbonyl (C=O) groups excluding carboxylic acids is 1. The molecule has 2 N–H and O–H groups in total. The van der Waals surface area contributed by atoms with Crippen molar-refractivity contribution in [1.29, 1.82) is 0 Å². The van der Waals surface area contributed by atoms with E-state index in [4.69, 9.17) is 9.47 Å². The zero-order valence-corrected chi connectivity index (χ0v) is 26.8. The van der Waals surface area contributed by atoms with E-state index in [2.05, 4.69) is 10.3 Å². The third kappa shape index (κ3) is 7.54. The molecule has 1 fully saturated rings. The summed E-state index contributed by atoms with van der Waals surface area (Å²) in [6.45, 7) is -0.307. The lowest BCUT2D eigenvalue weighted by Crippen LogP contribution is -2.31. The molecule has 0 saturated carbocycles. The number of amides is 1. The molecule has 5 aromatic rings. The summed E-state index contributed by atoms with van der Waals surface area (Å²) in [5, 5.41) is 12.6. The van der Waals surface area contributed by atoms with Crippen molar-refractivity contribution in [1.82, 2.24) is 14.9 Å². The summed E-state index contributed by atoms with van der Waals surface area (Å²) >= 11 is 1.58. The summed E-state index contributed by atoms with van der Waals surface area (Å²) in [5.74, 6) is -11.9. The molecule has 0 aliphatic carbocycles. The lowest BCUT2D eigenvalue weighted by molar-refractivity contribution is -0.245. The molecule has 3 unspecified atom stereocenters. The third-order valence-electron chi connectivity index (χ3n) is 8.10. The monoisotopic (exact) mass is 695 g/mol. The van der Waals surface area contributed by atoms with Gasteiger partial charge >= 0.3 is 0 Å². The van der Waals surface area contributed by atoms with E-state index in [1.807, 2.05) is 72.4 Å². The second-order valence-electron chi connectivity index (χ2n) is 11.4. The highest BCUT2D eigenvalue weighted by atomic mass is 32.2. The van der Waals surface area contributed by atoms with Gasteiger partial charge in [-0.25, -0.2) is 26.9 Å². The molecule has 2 heterocycles. The van der Waals surface area contributed by atoms with Crippen molar-refractivity contribution in [2.45, 2.75) is 43.2 Å². The van der Waals surface area contributed by atoms with Gasteiger partial charge in [-0.05, 0) is 39.9 Å². The number of thioether (sulfide) groups is 1. The molecule has 49 heavy (non-hydrogen) atoms. The van der Waals surface area contributed by atoms with Crippen molar-refractivity contribution in [3.63, 3.8) is 0 Å². The molecule has 1 amide bonds. The van der Waals surface area contributed by atoms with Crippen LogP contribution in [0.5, 0.6) is 0 Å². The number of aliphatic hydroxyl groups is 1. The standard InChI is InChI=1S/C36H30F5N3O4S/c1-44-13-12-42-36(44)49-19-26-16-27(22-10-8-20(18-45)9-11-22)48-35(47-26)25-7-3-6-24(15-25)23-5-2-4-21(14-23)17-43-34(46)28-29(37)31(39)33(41)32(40)30(28)38/h2-15,26-27,35,45H,16-19H2,1H3,(H,43,46). The Labute approximate surface area is 282 Å². The van der Waals surface area contributed by atoms with Gasteiger partial charge in [0.05, 0.1) is 18.8 Å². The largest absolute Gasteiger partial charge is 0.392 e. The Kier molecular flexibility index (Phi) is 10.4. The smallest absolute Gasteiger partial charge is 0.257 e. The number of aliphatic hydroxyl groups excluding tert-OH is 1. The Morgan fingerprint density at radius 1 is 0.878 bits per heavy atom. The molecule has 4 aromatic carbocycles. The average Bonchev–Trinajstić information content (AvgIpc) is 3.55. The van der Waals surface area contributed by atoms with E-state index in [0.29, 0.717) is 17.7 Å². The Hall–Kier alpha value is -4.56. The molecule has 1 saturated heterocycles. The van der Waals surface area contributed by atoms with Crippen LogP contribution in [0.4, 0.5) is 22.0 Å². The molecule has 1 aliphatic heterocycles. The van der Waals surface area contributed by atoms with Crippen LogP contribution in [-0.4, -0.2) is 32.4 Å². The topological polar surface area (TPSA) is 85.6 Å². The summed E-state index contributed by atoms with van der Waals surface area (Å²) in [5.41, 5.74) is 2.99. The summed E-state index contributed by atoms with van der Waals surface area (Å²) in [6, 6.07) is 22.1. The minimum Gasteiger partial charge on any atom is -0.392 e. The van der Waals surface area contributed by atoms with Crippen LogP contribution in [0.15, 0.2) is 90.3 Å². The average molecular weight is 696 g/mol. The van der Waals surface area contributed by atoms with Crippen LogP contribution in [0.3, 0.4) is 0 Å². The molecule has 3 atom stereocenters. The molecule has 1 aromatic heterocycles. The van der Waals surface area contributed by atoms with Gasteiger partial charge in [-0.3, -0.25) is 4.79 Å². The molecular formula is C36H30F5N3O4S. The first kappa shape index (κ1) is 34.3. The van der Waals surface area contributed by atoms with Crippen molar-refractivity contribution in [2.24, 2.45) is 7.05 Å². The van der Waals surface area contributed by atoms with E-state index in [9.17, 15) is 31.9 Å². The molecule has 254 valence electrons. The number of halogens is 5. The lowest BCUT2D eigenvalue weighted by atomic mass is 9.99. The lowest BCUT2D eigenvalue weighted by Gasteiger charge is -2.36. The number of aryl methyl sites for hydroxylation is 1. The highest BCUT2D eigenvalue weighted by Gasteiger charge is 2.33. The van der Waals surface area contributed by atoms with Crippen LogP contribution in [-0.2, 0) is 29.7 Å².